The highest BCUT2D eigenvalue weighted by Gasteiger charge is 1.89. The summed E-state index contributed by atoms with van der Waals surface area (Å²) in [4.78, 5) is 4.32. The SMILES string of the molecule is CCCN=CCC/C=C(\C)CC/C=C(\C)CC. The van der Waals surface area contributed by atoms with E-state index in [1.54, 1.807) is 0 Å². The topological polar surface area (TPSA) is 12.4 Å². The van der Waals surface area contributed by atoms with Crippen molar-refractivity contribution in [1.29, 1.82) is 0 Å². The van der Waals surface area contributed by atoms with E-state index in [1.807, 2.05) is 0 Å². The van der Waals surface area contributed by atoms with Gasteiger partial charge in [0, 0.05) is 6.54 Å². The van der Waals surface area contributed by atoms with E-state index < -0.39 is 0 Å². The molecule has 1 nitrogen and oxygen atoms in total. The summed E-state index contributed by atoms with van der Waals surface area (Å²) in [6, 6.07) is 0. The quantitative estimate of drug-likeness (QED) is 0.291. The summed E-state index contributed by atoms with van der Waals surface area (Å²) in [5, 5.41) is 0. The minimum Gasteiger partial charge on any atom is -0.298 e. The average Bonchev–Trinajstić information content (AvgIpc) is 2.33. The fourth-order valence-electron chi connectivity index (χ4n) is 1.51. The van der Waals surface area contributed by atoms with Gasteiger partial charge >= 0.3 is 0 Å². The molecule has 1 heteroatoms. The van der Waals surface area contributed by atoms with Crippen molar-refractivity contribution in [2.24, 2.45) is 4.99 Å². The summed E-state index contributed by atoms with van der Waals surface area (Å²) >= 11 is 0. The Bertz CT molecular complexity index is 259. The number of rotatable bonds is 9. The molecule has 0 saturated heterocycles. The second-order valence-corrected chi connectivity index (χ2v) is 4.66. The van der Waals surface area contributed by atoms with Gasteiger partial charge in [0.2, 0.25) is 0 Å². The van der Waals surface area contributed by atoms with Gasteiger partial charge in [-0.25, -0.2) is 0 Å². The summed E-state index contributed by atoms with van der Waals surface area (Å²) in [6.07, 6.45) is 13.7. The molecular weight excluding hydrogens is 206 g/mol. The first-order chi connectivity index (χ1) is 8.20. The number of unbranched alkanes of at least 4 members (excludes halogenated alkanes) is 1. The van der Waals surface area contributed by atoms with Gasteiger partial charge in [-0.2, -0.15) is 0 Å². The summed E-state index contributed by atoms with van der Waals surface area (Å²) in [6.45, 7) is 9.79. The second kappa shape index (κ2) is 11.6. The highest BCUT2D eigenvalue weighted by Crippen LogP contribution is 2.09. The van der Waals surface area contributed by atoms with E-state index in [-0.39, 0.29) is 0 Å². The molecular formula is C16H29N. The highest BCUT2D eigenvalue weighted by atomic mass is 14.7. The molecule has 0 saturated carbocycles. The predicted molar refractivity (Wildman–Crippen MR) is 79.9 cm³/mol. The van der Waals surface area contributed by atoms with Gasteiger partial charge in [0.25, 0.3) is 0 Å². The van der Waals surface area contributed by atoms with Gasteiger partial charge in [-0.3, -0.25) is 4.99 Å². The molecule has 0 aliphatic heterocycles. The Labute approximate surface area is 108 Å². The van der Waals surface area contributed by atoms with Crippen molar-refractivity contribution in [2.75, 3.05) is 6.54 Å². The van der Waals surface area contributed by atoms with Crippen LogP contribution < -0.4 is 0 Å². The van der Waals surface area contributed by atoms with Crippen molar-refractivity contribution >= 4 is 6.21 Å². The molecule has 0 bridgehead atoms. The Hall–Kier alpha value is -0.850. The molecule has 0 radical (unpaired) electrons. The van der Waals surface area contributed by atoms with E-state index in [2.05, 4.69) is 51.1 Å². The Morgan fingerprint density at radius 3 is 2.29 bits per heavy atom. The van der Waals surface area contributed by atoms with Crippen molar-refractivity contribution in [3.8, 4) is 0 Å². The van der Waals surface area contributed by atoms with E-state index >= 15 is 0 Å². The van der Waals surface area contributed by atoms with Crippen LogP contribution in [0.2, 0.25) is 0 Å². The molecule has 0 aromatic carbocycles. The zero-order valence-corrected chi connectivity index (χ0v) is 12.1. The van der Waals surface area contributed by atoms with Crippen molar-refractivity contribution in [3.05, 3.63) is 23.3 Å². The maximum absolute atomic E-state index is 4.32. The standard InChI is InChI=1S/C16H29N/c1-5-13-17-14-8-7-10-16(4)12-9-11-15(3)6-2/h10-11,14H,5-9,12-13H2,1-4H3/b15-11+,16-10+,17-14?. The van der Waals surface area contributed by atoms with E-state index in [9.17, 15) is 0 Å². The lowest BCUT2D eigenvalue weighted by atomic mass is 10.1. The zero-order valence-electron chi connectivity index (χ0n) is 12.1. The molecule has 98 valence electrons. The lowest BCUT2D eigenvalue weighted by molar-refractivity contribution is 0.920. The highest BCUT2D eigenvalue weighted by molar-refractivity contribution is 5.57. The van der Waals surface area contributed by atoms with Crippen LogP contribution in [0.15, 0.2) is 28.3 Å². The number of hydrogen-bond acceptors (Lipinski definition) is 1. The van der Waals surface area contributed by atoms with Crippen LogP contribution >= 0.6 is 0 Å². The second-order valence-electron chi connectivity index (χ2n) is 4.66. The third kappa shape index (κ3) is 11.4. The number of hydrogen-bond donors (Lipinski definition) is 0. The number of allylic oxidation sites excluding steroid dienone is 4. The molecule has 17 heavy (non-hydrogen) atoms. The van der Waals surface area contributed by atoms with Gasteiger partial charge in [-0.1, -0.05) is 37.1 Å². The first-order valence-corrected chi connectivity index (χ1v) is 7.00. The molecule has 0 fully saturated rings. The van der Waals surface area contributed by atoms with E-state index in [0.29, 0.717) is 0 Å². The fraction of sp³-hybridized carbons (Fsp3) is 0.688. The normalized spacial score (nSPS) is 13.6. The first kappa shape index (κ1) is 16.1. The van der Waals surface area contributed by atoms with E-state index in [1.165, 1.54) is 30.4 Å². The minimum atomic E-state index is 0.976. The molecule has 0 atom stereocenters. The van der Waals surface area contributed by atoms with Crippen LogP contribution in [-0.2, 0) is 0 Å². The molecule has 0 aromatic heterocycles. The summed E-state index contributed by atoms with van der Waals surface area (Å²) in [7, 11) is 0. The molecule has 0 aliphatic carbocycles. The van der Waals surface area contributed by atoms with Crippen molar-refractivity contribution < 1.29 is 0 Å². The van der Waals surface area contributed by atoms with Crippen LogP contribution in [-0.4, -0.2) is 12.8 Å². The molecule has 0 N–H and O–H groups in total. The van der Waals surface area contributed by atoms with Crippen LogP contribution in [0.1, 0.15) is 66.2 Å². The molecule has 0 amide bonds. The minimum absolute atomic E-state index is 0.976. The Morgan fingerprint density at radius 2 is 1.65 bits per heavy atom. The molecule has 0 unspecified atom stereocenters. The number of nitrogens with zero attached hydrogens (tertiary/aromatic N) is 1. The van der Waals surface area contributed by atoms with Crippen LogP contribution in [0.25, 0.3) is 0 Å². The number of aliphatic imine (C=N–C) groups is 1. The van der Waals surface area contributed by atoms with Crippen LogP contribution in [0.4, 0.5) is 0 Å². The third-order valence-electron chi connectivity index (χ3n) is 2.86. The van der Waals surface area contributed by atoms with Gasteiger partial charge < -0.3 is 0 Å². The van der Waals surface area contributed by atoms with Gasteiger partial charge in [-0.05, 0) is 58.6 Å². The molecule has 0 heterocycles. The molecule has 0 aliphatic rings. The largest absolute Gasteiger partial charge is 0.298 e. The van der Waals surface area contributed by atoms with Crippen molar-refractivity contribution in [2.45, 2.75) is 66.2 Å². The summed E-state index contributed by atoms with van der Waals surface area (Å²) in [5.41, 5.74) is 3.01. The Balaban J connectivity index is 3.65. The fourth-order valence-corrected chi connectivity index (χ4v) is 1.51. The smallest absolute Gasteiger partial charge is 0.0382 e. The van der Waals surface area contributed by atoms with Crippen LogP contribution in [0.5, 0.6) is 0 Å². The van der Waals surface area contributed by atoms with E-state index in [4.69, 9.17) is 0 Å². The van der Waals surface area contributed by atoms with Crippen molar-refractivity contribution in [3.63, 3.8) is 0 Å². The monoisotopic (exact) mass is 235 g/mol. The van der Waals surface area contributed by atoms with Gasteiger partial charge in [0.05, 0.1) is 0 Å². The molecule has 0 spiro atoms. The molecule has 0 rings (SSSR count). The van der Waals surface area contributed by atoms with Crippen LogP contribution in [0.3, 0.4) is 0 Å². The maximum atomic E-state index is 4.32. The third-order valence-corrected chi connectivity index (χ3v) is 2.86. The van der Waals surface area contributed by atoms with Gasteiger partial charge in [0.1, 0.15) is 0 Å². The Kier molecular flexibility index (Phi) is 11.0. The lowest BCUT2D eigenvalue weighted by Crippen LogP contribution is -1.81. The van der Waals surface area contributed by atoms with Crippen LogP contribution in [0, 0.1) is 0 Å². The van der Waals surface area contributed by atoms with Gasteiger partial charge in [-0.15, -0.1) is 0 Å². The predicted octanol–water partition coefficient (Wildman–Crippen LogP) is 5.33. The Morgan fingerprint density at radius 1 is 0.941 bits per heavy atom. The average molecular weight is 235 g/mol. The molecule has 0 aromatic rings. The summed E-state index contributed by atoms with van der Waals surface area (Å²) in [5.74, 6) is 0. The maximum Gasteiger partial charge on any atom is 0.0382 e. The lowest BCUT2D eigenvalue weighted by Gasteiger charge is -1.99. The van der Waals surface area contributed by atoms with Crippen molar-refractivity contribution in [1.82, 2.24) is 0 Å². The first-order valence-electron chi connectivity index (χ1n) is 7.00. The summed E-state index contributed by atoms with van der Waals surface area (Å²) < 4.78 is 0. The zero-order chi connectivity index (χ0) is 12.9. The van der Waals surface area contributed by atoms with Gasteiger partial charge in [0.15, 0.2) is 0 Å². The van der Waals surface area contributed by atoms with E-state index in [0.717, 1.165) is 25.8 Å².